The van der Waals surface area contributed by atoms with Crippen molar-refractivity contribution in [3.05, 3.63) is 0 Å². The van der Waals surface area contributed by atoms with E-state index in [1.165, 1.54) is 0 Å². The molecule has 15 heavy (non-hydrogen) atoms. The SMILES string of the molecule is CCCNCCS(=O)(=O)NCCCSC. The lowest BCUT2D eigenvalue weighted by Gasteiger charge is -2.06. The second-order valence-corrected chi connectivity index (χ2v) is 6.22. The molecule has 0 amide bonds. The van der Waals surface area contributed by atoms with Gasteiger partial charge in [-0.05, 0) is 31.4 Å². The molecule has 92 valence electrons. The minimum Gasteiger partial charge on any atom is -0.316 e. The maximum atomic E-state index is 11.4. The quantitative estimate of drug-likeness (QED) is 0.562. The van der Waals surface area contributed by atoms with Gasteiger partial charge in [-0.25, -0.2) is 13.1 Å². The molecule has 0 saturated heterocycles. The highest BCUT2D eigenvalue weighted by Gasteiger charge is 2.07. The van der Waals surface area contributed by atoms with E-state index in [0.717, 1.165) is 25.1 Å². The van der Waals surface area contributed by atoms with Gasteiger partial charge >= 0.3 is 0 Å². The number of sulfonamides is 1. The fraction of sp³-hybridized carbons (Fsp3) is 1.00. The normalized spacial score (nSPS) is 11.9. The van der Waals surface area contributed by atoms with Crippen LogP contribution in [0.5, 0.6) is 0 Å². The van der Waals surface area contributed by atoms with Crippen LogP contribution in [0.2, 0.25) is 0 Å². The van der Waals surface area contributed by atoms with Crippen LogP contribution in [-0.2, 0) is 10.0 Å². The van der Waals surface area contributed by atoms with Gasteiger partial charge < -0.3 is 5.32 Å². The summed E-state index contributed by atoms with van der Waals surface area (Å²) in [6.07, 6.45) is 3.94. The maximum absolute atomic E-state index is 11.4. The molecule has 0 atom stereocenters. The Bertz CT molecular complexity index is 212. The molecule has 0 spiro atoms. The molecule has 0 aliphatic heterocycles. The molecular weight excluding hydrogens is 232 g/mol. The number of rotatable bonds is 10. The molecule has 0 bridgehead atoms. The molecule has 0 aromatic carbocycles. The molecule has 0 aliphatic rings. The summed E-state index contributed by atoms with van der Waals surface area (Å²) < 4.78 is 25.4. The van der Waals surface area contributed by atoms with Gasteiger partial charge in [-0.3, -0.25) is 0 Å². The maximum Gasteiger partial charge on any atom is 0.212 e. The third kappa shape index (κ3) is 10.5. The number of hydrogen-bond acceptors (Lipinski definition) is 4. The van der Waals surface area contributed by atoms with Gasteiger partial charge in [-0.15, -0.1) is 0 Å². The van der Waals surface area contributed by atoms with Crippen LogP contribution in [0.1, 0.15) is 19.8 Å². The van der Waals surface area contributed by atoms with Crippen LogP contribution in [0.15, 0.2) is 0 Å². The molecule has 4 nitrogen and oxygen atoms in total. The number of thioether (sulfide) groups is 1. The first-order valence-corrected chi connectivity index (χ1v) is 8.34. The van der Waals surface area contributed by atoms with E-state index >= 15 is 0 Å². The molecular formula is C9H22N2O2S2. The average Bonchev–Trinajstić information content (AvgIpc) is 2.20. The van der Waals surface area contributed by atoms with Gasteiger partial charge in [-0.1, -0.05) is 6.92 Å². The van der Waals surface area contributed by atoms with Gasteiger partial charge in [0.15, 0.2) is 0 Å². The number of hydrogen-bond donors (Lipinski definition) is 2. The predicted octanol–water partition coefficient (Wildman–Crippen LogP) is 0.659. The average molecular weight is 254 g/mol. The molecule has 0 aliphatic carbocycles. The summed E-state index contributed by atoms with van der Waals surface area (Å²) in [6.45, 7) is 4.02. The smallest absolute Gasteiger partial charge is 0.212 e. The van der Waals surface area contributed by atoms with Crippen molar-refractivity contribution in [3.8, 4) is 0 Å². The Morgan fingerprint density at radius 3 is 2.53 bits per heavy atom. The van der Waals surface area contributed by atoms with Gasteiger partial charge in [0, 0.05) is 13.1 Å². The Morgan fingerprint density at radius 1 is 1.20 bits per heavy atom. The first-order valence-electron chi connectivity index (χ1n) is 5.29. The highest BCUT2D eigenvalue weighted by molar-refractivity contribution is 7.98. The molecule has 0 aromatic heterocycles. The first kappa shape index (κ1) is 15.2. The lowest BCUT2D eigenvalue weighted by atomic mass is 10.5. The zero-order valence-corrected chi connectivity index (χ0v) is 11.2. The fourth-order valence-corrected chi connectivity index (χ4v) is 2.47. The highest BCUT2D eigenvalue weighted by atomic mass is 32.2. The van der Waals surface area contributed by atoms with Crippen LogP contribution < -0.4 is 10.0 Å². The lowest BCUT2D eigenvalue weighted by molar-refractivity contribution is 0.576. The van der Waals surface area contributed by atoms with Crippen LogP contribution in [-0.4, -0.2) is 45.8 Å². The highest BCUT2D eigenvalue weighted by Crippen LogP contribution is 1.94. The fourth-order valence-electron chi connectivity index (χ4n) is 1.02. The summed E-state index contributed by atoms with van der Waals surface area (Å²) in [4.78, 5) is 0. The minimum absolute atomic E-state index is 0.173. The summed E-state index contributed by atoms with van der Waals surface area (Å²) in [5.74, 6) is 1.17. The third-order valence-electron chi connectivity index (χ3n) is 1.82. The second kappa shape index (κ2) is 9.45. The minimum atomic E-state index is -3.06. The number of nitrogens with one attached hydrogen (secondary N) is 2. The third-order valence-corrected chi connectivity index (χ3v) is 3.90. The van der Waals surface area contributed by atoms with Gasteiger partial charge in [0.2, 0.25) is 10.0 Å². The van der Waals surface area contributed by atoms with E-state index in [1.807, 2.05) is 6.26 Å². The van der Waals surface area contributed by atoms with E-state index in [9.17, 15) is 8.42 Å². The molecule has 6 heteroatoms. The van der Waals surface area contributed by atoms with Crippen molar-refractivity contribution in [1.29, 1.82) is 0 Å². The van der Waals surface area contributed by atoms with Gasteiger partial charge in [0.1, 0.15) is 0 Å². The standard InChI is InChI=1S/C9H22N2O2S2/c1-3-5-10-7-9-15(12,13)11-6-4-8-14-2/h10-11H,3-9H2,1-2H3. The van der Waals surface area contributed by atoms with Crippen molar-refractivity contribution < 1.29 is 8.42 Å². The van der Waals surface area contributed by atoms with E-state index in [0.29, 0.717) is 13.1 Å². The largest absolute Gasteiger partial charge is 0.316 e. The Balaban J connectivity index is 3.50. The monoisotopic (exact) mass is 254 g/mol. The topological polar surface area (TPSA) is 58.2 Å². The van der Waals surface area contributed by atoms with Gasteiger partial charge in [0.05, 0.1) is 5.75 Å². The van der Waals surface area contributed by atoms with Crippen molar-refractivity contribution in [2.24, 2.45) is 0 Å². The zero-order valence-electron chi connectivity index (χ0n) is 9.58. The van der Waals surface area contributed by atoms with Gasteiger partial charge in [0.25, 0.3) is 0 Å². The van der Waals surface area contributed by atoms with Crippen molar-refractivity contribution in [1.82, 2.24) is 10.0 Å². The summed E-state index contributed by atoms with van der Waals surface area (Å²) in [5.41, 5.74) is 0. The summed E-state index contributed by atoms with van der Waals surface area (Å²) in [6, 6.07) is 0. The van der Waals surface area contributed by atoms with Crippen molar-refractivity contribution >= 4 is 21.8 Å². The Morgan fingerprint density at radius 2 is 1.93 bits per heavy atom. The van der Waals surface area contributed by atoms with E-state index in [-0.39, 0.29) is 5.75 Å². The van der Waals surface area contributed by atoms with E-state index in [2.05, 4.69) is 17.0 Å². The van der Waals surface area contributed by atoms with Crippen molar-refractivity contribution in [2.75, 3.05) is 37.4 Å². The molecule has 0 radical (unpaired) electrons. The van der Waals surface area contributed by atoms with Crippen molar-refractivity contribution in [2.45, 2.75) is 19.8 Å². The molecule has 0 fully saturated rings. The summed E-state index contributed by atoms with van der Waals surface area (Å²) >= 11 is 1.73. The molecule has 0 heterocycles. The van der Waals surface area contributed by atoms with Crippen LogP contribution >= 0.6 is 11.8 Å². The van der Waals surface area contributed by atoms with Crippen LogP contribution in [0.3, 0.4) is 0 Å². The summed E-state index contributed by atoms with van der Waals surface area (Å²) in [7, 11) is -3.06. The predicted molar refractivity (Wildman–Crippen MR) is 67.9 cm³/mol. The van der Waals surface area contributed by atoms with E-state index in [1.54, 1.807) is 11.8 Å². The van der Waals surface area contributed by atoms with Gasteiger partial charge in [-0.2, -0.15) is 11.8 Å². The summed E-state index contributed by atoms with van der Waals surface area (Å²) in [5, 5.41) is 3.07. The van der Waals surface area contributed by atoms with E-state index in [4.69, 9.17) is 0 Å². The molecule has 2 N–H and O–H groups in total. The molecule has 0 rings (SSSR count). The molecule has 0 unspecified atom stereocenters. The van der Waals surface area contributed by atoms with Crippen LogP contribution in [0.25, 0.3) is 0 Å². The Labute approximate surface area is 97.6 Å². The lowest BCUT2D eigenvalue weighted by Crippen LogP contribution is -2.32. The molecule has 0 saturated carbocycles. The Hall–Kier alpha value is 0.220. The second-order valence-electron chi connectivity index (χ2n) is 3.31. The zero-order chi connectivity index (χ0) is 11.6. The van der Waals surface area contributed by atoms with Crippen LogP contribution in [0, 0.1) is 0 Å². The van der Waals surface area contributed by atoms with E-state index < -0.39 is 10.0 Å². The first-order chi connectivity index (χ1) is 7.12. The Kier molecular flexibility index (Phi) is 9.58. The van der Waals surface area contributed by atoms with Crippen LogP contribution in [0.4, 0.5) is 0 Å². The van der Waals surface area contributed by atoms with Crippen molar-refractivity contribution in [3.63, 3.8) is 0 Å². The molecule has 0 aromatic rings.